The summed E-state index contributed by atoms with van der Waals surface area (Å²) in [5, 5.41) is 22.9. The Morgan fingerprint density at radius 3 is 2.56 bits per heavy atom. The van der Waals surface area contributed by atoms with Gasteiger partial charge in [-0.15, -0.1) is 15.3 Å². The number of nitrogens with zero attached hydrogens (tertiary/aromatic N) is 7. The molecule has 10 heteroatoms. The van der Waals surface area contributed by atoms with Crippen LogP contribution in [0.4, 0.5) is 0 Å². The normalized spacial score (nSPS) is 11.3. The molecular weight excluding hydrogens is 426 g/mol. The first-order valence-corrected chi connectivity index (χ1v) is 11.1. The Balaban J connectivity index is 1.46. The van der Waals surface area contributed by atoms with E-state index in [4.69, 9.17) is 9.47 Å². The van der Waals surface area contributed by atoms with E-state index in [2.05, 4.69) is 36.2 Å². The summed E-state index contributed by atoms with van der Waals surface area (Å²) in [6.45, 7) is 4.61. The zero-order valence-electron chi connectivity index (χ0n) is 17.9. The summed E-state index contributed by atoms with van der Waals surface area (Å²) in [4.78, 5) is 0. The number of aromatic nitrogens is 7. The average Bonchev–Trinajstić information content (AvgIpc) is 3.46. The summed E-state index contributed by atoms with van der Waals surface area (Å²) in [5.74, 6) is 2.88. The number of fused-ring (bicyclic) bond motifs is 3. The number of methoxy groups -OCH3 is 1. The first-order valence-electron chi connectivity index (χ1n) is 10.1. The number of hydrogen-bond donors (Lipinski definition) is 0. The SMILES string of the molecule is CCOc1ccc(-n2nnnc2CSc2nnc3c(C)cc4cc(OC)ccc4n23)cc1. The summed E-state index contributed by atoms with van der Waals surface area (Å²) < 4.78 is 14.7. The highest BCUT2D eigenvalue weighted by Crippen LogP contribution is 2.29. The second kappa shape index (κ2) is 8.46. The van der Waals surface area contributed by atoms with Crippen molar-refractivity contribution < 1.29 is 9.47 Å². The quantitative estimate of drug-likeness (QED) is 0.347. The molecule has 5 rings (SSSR count). The van der Waals surface area contributed by atoms with Crippen molar-refractivity contribution in [2.45, 2.75) is 24.8 Å². The highest BCUT2D eigenvalue weighted by atomic mass is 32.2. The zero-order chi connectivity index (χ0) is 22.1. The third kappa shape index (κ3) is 3.62. The Morgan fingerprint density at radius 1 is 0.969 bits per heavy atom. The third-order valence-electron chi connectivity index (χ3n) is 5.09. The van der Waals surface area contributed by atoms with E-state index < -0.39 is 0 Å². The standard InChI is InChI=1S/C22H21N7O2S/c1-4-31-17-7-5-16(6-8-17)29-20(23-26-27-29)13-32-22-25-24-21-14(2)11-15-12-18(30-3)9-10-19(15)28(21)22/h5-12H,4,13H2,1-3H3. The van der Waals surface area contributed by atoms with Crippen LogP contribution in [-0.2, 0) is 5.75 Å². The maximum absolute atomic E-state index is 5.51. The predicted octanol–water partition coefficient (Wildman–Crippen LogP) is 3.87. The van der Waals surface area contributed by atoms with E-state index in [0.29, 0.717) is 12.4 Å². The second-order valence-electron chi connectivity index (χ2n) is 7.12. The lowest BCUT2D eigenvalue weighted by atomic mass is 10.1. The summed E-state index contributed by atoms with van der Waals surface area (Å²) in [6.07, 6.45) is 0. The highest BCUT2D eigenvalue weighted by Gasteiger charge is 2.15. The minimum atomic E-state index is 0.534. The lowest BCUT2D eigenvalue weighted by molar-refractivity contribution is 0.340. The fourth-order valence-corrected chi connectivity index (χ4v) is 4.44. The smallest absolute Gasteiger partial charge is 0.196 e. The van der Waals surface area contributed by atoms with Gasteiger partial charge in [0, 0.05) is 5.39 Å². The van der Waals surface area contributed by atoms with Gasteiger partial charge in [0.1, 0.15) is 11.5 Å². The highest BCUT2D eigenvalue weighted by molar-refractivity contribution is 7.98. The molecule has 5 aromatic rings. The molecule has 0 radical (unpaired) electrons. The Kier molecular flexibility index (Phi) is 5.36. The van der Waals surface area contributed by atoms with Crippen LogP contribution < -0.4 is 9.47 Å². The van der Waals surface area contributed by atoms with E-state index >= 15 is 0 Å². The van der Waals surface area contributed by atoms with Gasteiger partial charge >= 0.3 is 0 Å². The van der Waals surface area contributed by atoms with Crippen LogP contribution in [0.5, 0.6) is 11.5 Å². The zero-order valence-corrected chi connectivity index (χ0v) is 18.7. The molecular formula is C22H21N7O2S. The number of aryl methyl sites for hydroxylation is 1. The molecule has 0 unspecified atom stereocenters. The monoisotopic (exact) mass is 447 g/mol. The van der Waals surface area contributed by atoms with E-state index in [0.717, 1.165) is 50.3 Å². The molecule has 3 aromatic heterocycles. The number of rotatable bonds is 7. The lowest BCUT2D eigenvalue weighted by Gasteiger charge is -2.09. The van der Waals surface area contributed by atoms with Crippen molar-refractivity contribution in [3.63, 3.8) is 0 Å². The predicted molar refractivity (Wildman–Crippen MR) is 122 cm³/mol. The minimum absolute atomic E-state index is 0.534. The fraction of sp³-hybridized carbons (Fsp3) is 0.227. The Labute approximate surface area is 188 Å². The number of benzene rings is 2. The van der Waals surface area contributed by atoms with Crippen LogP contribution in [0.15, 0.2) is 53.7 Å². The van der Waals surface area contributed by atoms with Gasteiger partial charge in [-0.05, 0) is 78.4 Å². The van der Waals surface area contributed by atoms with Crippen LogP contribution >= 0.6 is 11.8 Å². The number of thioether (sulfide) groups is 1. The van der Waals surface area contributed by atoms with Gasteiger partial charge in [0.05, 0.1) is 30.7 Å². The molecule has 3 heterocycles. The van der Waals surface area contributed by atoms with Gasteiger partial charge < -0.3 is 9.47 Å². The minimum Gasteiger partial charge on any atom is -0.497 e. The van der Waals surface area contributed by atoms with Crippen molar-refractivity contribution in [2.24, 2.45) is 0 Å². The van der Waals surface area contributed by atoms with Gasteiger partial charge in [-0.3, -0.25) is 4.40 Å². The number of hydrogen-bond acceptors (Lipinski definition) is 8. The maximum Gasteiger partial charge on any atom is 0.196 e. The maximum atomic E-state index is 5.51. The second-order valence-corrected chi connectivity index (χ2v) is 8.06. The molecule has 2 aromatic carbocycles. The van der Waals surface area contributed by atoms with Crippen molar-refractivity contribution in [3.8, 4) is 17.2 Å². The molecule has 9 nitrogen and oxygen atoms in total. The molecule has 32 heavy (non-hydrogen) atoms. The summed E-state index contributed by atoms with van der Waals surface area (Å²) in [7, 11) is 1.67. The van der Waals surface area contributed by atoms with Crippen molar-refractivity contribution in [3.05, 3.63) is 59.9 Å². The van der Waals surface area contributed by atoms with Crippen LogP contribution in [0, 0.1) is 6.92 Å². The van der Waals surface area contributed by atoms with E-state index in [1.165, 1.54) is 11.8 Å². The largest absolute Gasteiger partial charge is 0.497 e. The number of tetrazole rings is 1. The first-order chi connectivity index (χ1) is 15.7. The van der Waals surface area contributed by atoms with Gasteiger partial charge in [0.2, 0.25) is 0 Å². The van der Waals surface area contributed by atoms with Crippen molar-refractivity contribution in [1.29, 1.82) is 0 Å². The van der Waals surface area contributed by atoms with Gasteiger partial charge in [0.15, 0.2) is 16.6 Å². The molecule has 0 aliphatic heterocycles. The molecule has 0 amide bonds. The average molecular weight is 448 g/mol. The van der Waals surface area contributed by atoms with E-state index in [1.807, 2.05) is 56.3 Å². The van der Waals surface area contributed by atoms with Crippen LogP contribution in [0.25, 0.3) is 22.2 Å². The molecule has 0 spiro atoms. The molecule has 0 N–H and O–H groups in total. The Hall–Kier alpha value is -3.66. The first kappa shape index (κ1) is 20.3. The van der Waals surface area contributed by atoms with Crippen LogP contribution in [0.3, 0.4) is 0 Å². The molecule has 0 aliphatic carbocycles. The van der Waals surface area contributed by atoms with Crippen LogP contribution in [0.1, 0.15) is 18.3 Å². The fourth-order valence-electron chi connectivity index (χ4n) is 3.59. The lowest BCUT2D eigenvalue weighted by Crippen LogP contribution is -2.03. The molecule has 0 bridgehead atoms. The Morgan fingerprint density at radius 2 is 1.78 bits per heavy atom. The Bertz CT molecular complexity index is 1400. The third-order valence-corrected chi connectivity index (χ3v) is 6.02. The van der Waals surface area contributed by atoms with Crippen molar-refractivity contribution in [1.82, 2.24) is 34.8 Å². The number of pyridine rings is 1. The summed E-state index contributed by atoms with van der Waals surface area (Å²) in [5.41, 5.74) is 3.76. The van der Waals surface area contributed by atoms with Gasteiger partial charge in [-0.1, -0.05) is 11.8 Å². The van der Waals surface area contributed by atoms with Gasteiger partial charge in [-0.25, -0.2) is 0 Å². The van der Waals surface area contributed by atoms with E-state index in [-0.39, 0.29) is 0 Å². The molecule has 0 saturated heterocycles. The van der Waals surface area contributed by atoms with Gasteiger partial charge in [0.25, 0.3) is 0 Å². The van der Waals surface area contributed by atoms with E-state index in [9.17, 15) is 0 Å². The molecule has 0 saturated carbocycles. The van der Waals surface area contributed by atoms with Crippen molar-refractivity contribution >= 4 is 28.3 Å². The van der Waals surface area contributed by atoms with E-state index in [1.54, 1.807) is 11.8 Å². The van der Waals surface area contributed by atoms with Gasteiger partial charge in [-0.2, -0.15) is 4.68 Å². The molecule has 162 valence electrons. The molecule has 0 aliphatic rings. The summed E-state index contributed by atoms with van der Waals surface area (Å²) >= 11 is 1.54. The van der Waals surface area contributed by atoms with Crippen LogP contribution in [0.2, 0.25) is 0 Å². The molecule has 0 atom stereocenters. The molecule has 0 fully saturated rings. The van der Waals surface area contributed by atoms with Crippen LogP contribution in [-0.4, -0.2) is 48.5 Å². The number of ether oxygens (including phenoxy) is 2. The summed E-state index contributed by atoms with van der Waals surface area (Å²) in [6, 6.07) is 15.8. The topological polar surface area (TPSA) is 92.2 Å². The van der Waals surface area contributed by atoms with Crippen molar-refractivity contribution in [2.75, 3.05) is 13.7 Å².